The van der Waals surface area contributed by atoms with Gasteiger partial charge in [-0.25, -0.2) is 0 Å². The van der Waals surface area contributed by atoms with Crippen LogP contribution < -0.4 is 0 Å². The first-order valence-corrected chi connectivity index (χ1v) is 9.63. The third kappa shape index (κ3) is 3.58. The SMILES string of the molecule is Cc1cccc(C(=O)N2CC3(C[C@@H](OCc4cccnc4)CS3)C2)c1. The second kappa shape index (κ2) is 6.81. The fourth-order valence-corrected chi connectivity index (χ4v) is 5.13. The van der Waals surface area contributed by atoms with Gasteiger partial charge in [-0.1, -0.05) is 23.8 Å². The Morgan fingerprint density at radius 3 is 3.00 bits per heavy atom. The van der Waals surface area contributed by atoms with Gasteiger partial charge in [0.25, 0.3) is 5.91 Å². The minimum atomic E-state index is 0.148. The number of carbonyl (C=O) groups is 1. The van der Waals surface area contributed by atoms with E-state index in [1.807, 2.05) is 66.2 Å². The number of carbonyl (C=O) groups excluding carboxylic acids is 1. The van der Waals surface area contributed by atoms with Crippen molar-refractivity contribution in [2.75, 3.05) is 18.8 Å². The van der Waals surface area contributed by atoms with Crippen LogP contribution in [0.3, 0.4) is 0 Å². The Bertz CT molecular complexity index is 759. The van der Waals surface area contributed by atoms with E-state index in [1.54, 1.807) is 6.20 Å². The summed E-state index contributed by atoms with van der Waals surface area (Å²) in [5.41, 5.74) is 3.03. The number of hydrogen-bond donors (Lipinski definition) is 0. The highest BCUT2D eigenvalue weighted by molar-refractivity contribution is 8.01. The summed E-state index contributed by atoms with van der Waals surface area (Å²) in [6, 6.07) is 11.8. The van der Waals surface area contributed by atoms with E-state index in [0.29, 0.717) is 6.61 Å². The third-order valence-corrected chi connectivity index (χ3v) is 6.47. The van der Waals surface area contributed by atoms with Crippen LogP contribution >= 0.6 is 11.8 Å². The van der Waals surface area contributed by atoms with Crippen LogP contribution in [0.1, 0.15) is 27.9 Å². The van der Waals surface area contributed by atoms with Crippen LogP contribution in [0.15, 0.2) is 48.8 Å². The smallest absolute Gasteiger partial charge is 0.253 e. The minimum absolute atomic E-state index is 0.148. The molecule has 2 aliphatic heterocycles. The van der Waals surface area contributed by atoms with Gasteiger partial charge in [-0.2, -0.15) is 0 Å². The lowest BCUT2D eigenvalue weighted by molar-refractivity contribution is 0.0254. The topological polar surface area (TPSA) is 42.4 Å². The first kappa shape index (κ1) is 16.6. The highest BCUT2D eigenvalue weighted by Gasteiger charge is 2.50. The van der Waals surface area contributed by atoms with Gasteiger partial charge in [0, 0.05) is 36.8 Å². The van der Waals surface area contributed by atoms with Gasteiger partial charge in [0.15, 0.2) is 0 Å². The number of nitrogens with zero attached hydrogens (tertiary/aromatic N) is 2. The molecule has 1 atom stereocenters. The molecule has 0 radical (unpaired) electrons. The normalized spacial score (nSPS) is 21.3. The Morgan fingerprint density at radius 1 is 1.36 bits per heavy atom. The Balaban J connectivity index is 1.29. The molecule has 1 aromatic carbocycles. The molecule has 2 fully saturated rings. The number of aromatic nitrogens is 1. The van der Waals surface area contributed by atoms with Crippen molar-refractivity contribution in [1.82, 2.24) is 9.88 Å². The standard InChI is InChI=1S/C20H22N2O2S/c1-15-4-2-6-17(8-15)19(23)22-13-20(14-22)9-18(12-25-20)24-11-16-5-3-7-21-10-16/h2-8,10,18H,9,11-14H2,1H3/t18-/m1/s1. The molecule has 130 valence electrons. The molecule has 4 rings (SSSR count). The Hall–Kier alpha value is -1.85. The van der Waals surface area contributed by atoms with E-state index in [4.69, 9.17) is 4.74 Å². The number of benzene rings is 1. The molecule has 1 amide bonds. The molecular weight excluding hydrogens is 332 g/mol. The maximum absolute atomic E-state index is 12.6. The first-order chi connectivity index (χ1) is 12.1. The second-order valence-electron chi connectivity index (χ2n) is 7.02. The largest absolute Gasteiger partial charge is 0.373 e. The summed E-state index contributed by atoms with van der Waals surface area (Å²) < 4.78 is 6.25. The molecule has 2 aliphatic rings. The fourth-order valence-electron chi connectivity index (χ4n) is 3.58. The summed E-state index contributed by atoms with van der Waals surface area (Å²) in [4.78, 5) is 18.7. The quantitative estimate of drug-likeness (QED) is 0.845. The van der Waals surface area contributed by atoms with Crippen LogP contribution in [0.4, 0.5) is 0 Å². The molecule has 0 N–H and O–H groups in total. The minimum Gasteiger partial charge on any atom is -0.373 e. The molecule has 0 aliphatic carbocycles. The summed E-state index contributed by atoms with van der Waals surface area (Å²) in [5.74, 6) is 1.15. The number of aryl methyl sites for hydroxylation is 1. The number of rotatable bonds is 4. The van der Waals surface area contributed by atoms with Gasteiger partial charge >= 0.3 is 0 Å². The molecule has 0 bridgehead atoms. The molecule has 2 aromatic rings. The van der Waals surface area contributed by atoms with Crippen molar-refractivity contribution in [2.24, 2.45) is 0 Å². The van der Waals surface area contributed by atoms with Crippen LogP contribution in [0, 0.1) is 6.92 Å². The van der Waals surface area contributed by atoms with Crippen LogP contribution in [-0.4, -0.2) is 45.5 Å². The number of thioether (sulfide) groups is 1. The monoisotopic (exact) mass is 354 g/mol. The highest BCUT2D eigenvalue weighted by atomic mass is 32.2. The van der Waals surface area contributed by atoms with Crippen molar-refractivity contribution in [3.8, 4) is 0 Å². The molecule has 3 heterocycles. The Morgan fingerprint density at radius 2 is 2.24 bits per heavy atom. The van der Waals surface area contributed by atoms with Gasteiger partial charge < -0.3 is 9.64 Å². The average Bonchev–Trinajstić information content (AvgIpc) is 3.04. The molecule has 25 heavy (non-hydrogen) atoms. The van der Waals surface area contributed by atoms with Crippen LogP contribution in [0.2, 0.25) is 0 Å². The van der Waals surface area contributed by atoms with Gasteiger partial charge in [0.2, 0.25) is 0 Å². The fraction of sp³-hybridized carbons (Fsp3) is 0.400. The number of hydrogen-bond acceptors (Lipinski definition) is 4. The van der Waals surface area contributed by atoms with Crippen molar-refractivity contribution in [1.29, 1.82) is 0 Å². The molecule has 0 saturated carbocycles. The van der Waals surface area contributed by atoms with Gasteiger partial charge in [-0.3, -0.25) is 9.78 Å². The highest BCUT2D eigenvalue weighted by Crippen LogP contribution is 2.46. The van der Waals surface area contributed by atoms with Gasteiger partial charge in [0.1, 0.15) is 0 Å². The lowest BCUT2D eigenvalue weighted by atomic mass is 9.92. The molecule has 4 nitrogen and oxygen atoms in total. The summed E-state index contributed by atoms with van der Waals surface area (Å²) in [5, 5.41) is 0. The molecule has 1 aromatic heterocycles. The average molecular weight is 354 g/mol. The maximum atomic E-state index is 12.6. The molecule has 2 saturated heterocycles. The van der Waals surface area contributed by atoms with E-state index >= 15 is 0 Å². The van der Waals surface area contributed by atoms with E-state index in [-0.39, 0.29) is 16.8 Å². The molecular formula is C20H22N2O2S. The zero-order chi connectivity index (χ0) is 17.3. The van der Waals surface area contributed by atoms with Crippen molar-refractivity contribution in [2.45, 2.75) is 30.8 Å². The van der Waals surface area contributed by atoms with E-state index < -0.39 is 0 Å². The second-order valence-corrected chi connectivity index (χ2v) is 8.51. The van der Waals surface area contributed by atoms with Crippen LogP contribution in [0.25, 0.3) is 0 Å². The molecule has 0 unspecified atom stereocenters. The Kier molecular flexibility index (Phi) is 4.52. The Labute approximate surface area is 152 Å². The van der Waals surface area contributed by atoms with Crippen molar-refractivity contribution >= 4 is 17.7 Å². The summed E-state index contributed by atoms with van der Waals surface area (Å²) in [6.07, 6.45) is 4.92. The number of ether oxygens (including phenoxy) is 1. The van der Waals surface area contributed by atoms with E-state index in [2.05, 4.69) is 4.98 Å². The zero-order valence-electron chi connectivity index (χ0n) is 14.4. The predicted octanol–water partition coefficient (Wildman–Crippen LogP) is 3.31. The maximum Gasteiger partial charge on any atom is 0.253 e. The van der Waals surface area contributed by atoms with Crippen LogP contribution in [0.5, 0.6) is 0 Å². The zero-order valence-corrected chi connectivity index (χ0v) is 15.2. The lowest BCUT2D eigenvalue weighted by Crippen LogP contribution is -2.60. The lowest BCUT2D eigenvalue weighted by Gasteiger charge is -2.47. The van der Waals surface area contributed by atoms with Gasteiger partial charge in [-0.15, -0.1) is 11.8 Å². The summed E-state index contributed by atoms with van der Waals surface area (Å²) in [7, 11) is 0. The van der Waals surface area contributed by atoms with E-state index in [1.165, 1.54) is 0 Å². The summed E-state index contributed by atoms with van der Waals surface area (Å²) in [6.45, 7) is 4.29. The van der Waals surface area contributed by atoms with E-state index in [9.17, 15) is 4.79 Å². The van der Waals surface area contributed by atoms with Gasteiger partial charge in [0.05, 0.1) is 17.5 Å². The third-order valence-electron chi connectivity index (χ3n) is 4.89. The number of pyridine rings is 1. The molecule has 5 heteroatoms. The first-order valence-electron chi connectivity index (χ1n) is 8.64. The van der Waals surface area contributed by atoms with E-state index in [0.717, 1.165) is 42.0 Å². The summed E-state index contributed by atoms with van der Waals surface area (Å²) >= 11 is 1.96. The van der Waals surface area contributed by atoms with Gasteiger partial charge in [-0.05, 0) is 37.1 Å². The predicted molar refractivity (Wildman–Crippen MR) is 99.7 cm³/mol. The number of amides is 1. The van der Waals surface area contributed by atoms with Crippen molar-refractivity contribution in [3.05, 3.63) is 65.5 Å². The molecule has 1 spiro atoms. The number of likely N-dealkylation sites (tertiary alicyclic amines) is 1. The van der Waals surface area contributed by atoms with Crippen LogP contribution in [-0.2, 0) is 11.3 Å². The van der Waals surface area contributed by atoms with Crippen molar-refractivity contribution in [3.63, 3.8) is 0 Å². The van der Waals surface area contributed by atoms with Crippen molar-refractivity contribution < 1.29 is 9.53 Å².